The number of benzene rings is 1. The van der Waals surface area contributed by atoms with Gasteiger partial charge in [-0.2, -0.15) is 0 Å². The van der Waals surface area contributed by atoms with E-state index in [-0.39, 0.29) is 18.1 Å². The molecule has 0 saturated heterocycles. The molecule has 19 heavy (non-hydrogen) atoms. The number of anilines is 1. The lowest BCUT2D eigenvalue weighted by atomic mass is 10.1. The largest absolute Gasteiger partial charge is 0.326 e. The molecule has 2 aromatic rings. The number of nitrogens with two attached hydrogens (primary N) is 1. The number of pyridine rings is 1. The number of nitrogens with zero attached hydrogens (tertiary/aromatic N) is 1. The van der Waals surface area contributed by atoms with Crippen molar-refractivity contribution in [2.75, 3.05) is 5.32 Å². The maximum atomic E-state index is 13.7. The number of nitrogens with one attached hydrogen (secondary N) is 1. The summed E-state index contributed by atoms with van der Waals surface area (Å²) in [7, 11) is 0. The average Bonchev–Trinajstić information content (AvgIpc) is 2.41. The molecule has 5 heteroatoms. The lowest BCUT2D eigenvalue weighted by Crippen LogP contribution is -2.15. The number of halogens is 1. The zero-order valence-electron chi connectivity index (χ0n) is 10.5. The van der Waals surface area contributed by atoms with Crippen molar-refractivity contribution in [1.82, 2.24) is 4.98 Å². The lowest BCUT2D eigenvalue weighted by Gasteiger charge is -2.08. The molecule has 98 valence electrons. The molecule has 0 fully saturated rings. The van der Waals surface area contributed by atoms with Gasteiger partial charge in [0.25, 0.3) is 5.91 Å². The molecule has 0 aliphatic rings. The second kappa shape index (κ2) is 5.58. The summed E-state index contributed by atoms with van der Waals surface area (Å²) >= 11 is 0. The van der Waals surface area contributed by atoms with E-state index in [1.54, 1.807) is 31.3 Å². The lowest BCUT2D eigenvalue weighted by molar-refractivity contribution is 0.102. The Morgan fingerprint density at radius 1 is 1.42 bits per heavy atom. The average molecular weight is 259 g/mol. The summed E-state index contributed by atoms with van der Waals surface area (Å²) < 4.78 is 13.7. The van der Waals surface area contributed by atoms with Gasteiger partial charge < -0.3 is 11.1 Å². The molecule has 0 aliphatic heterocycles. The molecule has 1 heterocycles. The van der Waals surface area contributed by atoms with Gasteiger partial charge in [-0.1, -0.05) is 6.07 Å². The monoisotopic (exact) mass is 259 g/mol. The minimum atomic E-state index is -0.502. The Labute approximate surface area is 110 Å². The van der Waals surface area contributed by atoms with E-state index < -0.39 is 5.82 Å². The molecule has 4 nitrogen and oxygen atoms in total. The minimum absolute atomic E-state index is 0.130. The van der Waals surface area contributed by atoms with Gasteiger partial charge in [0.15, 0.2) is 0 Å². The van der Waals surface area contributed by atoms with Gasteiger partial charge in [0, 0.05) is 18.4 Å². The van der Waals surface area contributed by atoms with Gasteiger partial charge in [0.05, 0.1) is 11.3 Å². The third kappa shape index (κ3) is 2.95. The highest BCUT2D eigenvalue weighted by atomic mass is 19.1. The van der Waals surface area contributed by atoms with Crippen LogP contribution in [0, 0.1) is 12.7 Å². The molecule has 0 unspecified atom stereocenters. The third-order valence-electron chi connectivity index (χ3n) is 2.77. The molecule has 2 rings (SSSR count). The molecule has 1 aromatic heterocycles. The summed E-state index contributed by atoms with van der Waals surface area (Å²) in [5, 5.41) is 2.52. The highest BCUT2D eigenvalue weighted by Gasteiger charge is 2.12. The molecule has 0 atom stereocenters. The van der Waals surface area contributed by atoms with Crippen molar-refractivity contribution in [3.63, 3.8) is 0 Å². The van der Waals surface area contributed by atoms with Gasteiger partial charge in [0.1, 0.15) is 5.82 Å². The Morgan fingerprint density at radius 2 is 2.21 bits per heavy atom. The molecule has 0 aliphatic carbocycles. The second-order valence-electron chi connectivity index (χ2n) is 4.11. The van der Waals surface area contributed by atoms with Crippen molar-refractivity contribution in [2.24, 2.45) is 5.73 Å². The van der Waals surface area contributed by atoms with Gasteiger partial charge >= 0.3 is 0 Å². The van der Waals surface area contributed by atoms with Crippen LogP contribution in [-0.4, -0.2) is 10.9 Å². The molecule has 0 bridgehead atoms. The number of aryl methyl sites for hydroxylation is 1. The van der Waals surface area contributed by atoms with Crippen molar-refractivity contribution >= 4 is 11.6 Å². The molecule has 0 radical (unpaired) electrons. The first kappa shape index (κ1) is 13.2. The number of hydrogen-bond acceptors (Lipinski definition) is 3. The molecule has 0 saturated carbocycles. The Balaban J connectivity index is 2.22. The van der Waals surface area contributed by atoms with Crippen LogP contribution in [0.5, 0.6) is 0 Å². The summed E-state index contributed by atoms with van der Waals surface area (Å²) in [5.41, 5.74) is 7.24. The maximum absolute atomic E-state index is 13.7. The van der Waals surface area contributed by atoms with Gasteiger partial charge in [-0.05, 0) is 36.8 Å². The van der Waals surface area contributed by atoms with Crippen LogP contribution in [0.2, 0.25) is 0 Å². The quantitative estimate of drug-likeness (QED) is 0.888. The Bertz CT molecular complexity index is 613. The highest BCUT2D eigenvalue weighted by Crippen LogP contribution is 2.17. The summed E-state index contributed by atoms with van der Waals surface area (Å²) in [6.45, 7) is 1.98. The van der Waals surface area contributed by atoms with E-state index in [9.17, 15) is 9.18 Å². The van der Waals surface area contributed by atoms with E-state index in [2.05, 4.69) is 10.3 Å². The number of carbonyl (C=O) groups is 1. The zero-order chi connectivity index (χ0) is 13.8. The van der Waals surface area contributed by atoms with Crippen LogP contribution in [0.25, 0.3) is 0 Å². The van der Waals surface area contributed by atoms with E-state index in [0.29, 0.717) is 16.8 Å². The fourth-order valence-corrected chi connectivity index (χ4v) is 1.70. The smallest absolute Gasteiger partial charge is 0.257 e. The van der Waals surface area contributed by atoms with E-state index >= 15 is 0 Å². The topological polar surface area (TPSA) is 68.0 Å². The Morgan fingerprint density at radius 3 is 2.84 bits per heavy atom. The Kier molecular flexibility index (Phi) is 3.87. The number of aromatic nitrogens is 1. The molecule has 1 aromatic carbocycles. The predicted molar refractivity (Wildman–Crippen MR) is 71.2 cm³/mol. The van der Waals surface area contributed by atoms with E-state index in [4.69, 9.17) is 5.73 Å². The van der Waals surface area contributed by atoms with Crippen LogP contribution in [0.3, 0.4) is 0 Å². The fraction of sp³-hybridized carbons (Fsp3) is 0.143. The van der Waals surface area contributed by atoms with Crippen molar-refractivity contribution in [3.8, 4) is 0 Å². The van der Waals surface area contributed by atoms with E-state index in [1.807, 2.05) is 0 Å². The summed E-state index contributed by atoms with van der Waals surface area (Å²) in [5.74, 6) is -0.886. The van der Waals surface area contributed by atoms with E-state index in [0.717, 1.165) is 0 Å². The maximum Gasteiger partial charge on any atom is 0.257 e. The molecule has 1 amide bonds. The van der Waals surface area contributed by atoms with Crippen LogP contribution in [-0.2, 0) is 6.54 Å². The highest BCUT2D eigenvalue weighted by molar-refractivity contribution is 6.05. The zero-order valence-corrected chi connectivity index (χ0v) is 10.5. The predicted octanol–water partition coefficient (Wildman–Crippen LogP) is 2.24. The third-order valence-corrected chi connectivity index (χ3v) is 2.77. The summed E-state index contributed by atoms with van der Waals surface area (Å²) in [6, 6.07) is 7.79. The first-order valence-corrected chi connectivity index (χ1v) is 5.83. The number of hydrogen-bond donors (Lipinski definition) is 2. The van der Waals surface area contributed by atoms with Gasteiger partial charge in [-0.3, -0.25) is 9.78 Å². The normalized spacial score (nSPS) is 10.3. The molecular formula is C14H14FN3O. The summed E-state index contributed by atoms with van der Waals surface area (Å²) in [4.78, 5) is 16.0. The number of carbonyl (C=O) groups excluding carboxylic acids is 1. The van der Waals surface area contributed by atoms with Crippen molar-refractivity contribution in [1.29, 1.82) is 0 Å². The second-order valence-corrected chi connectivity index (χ2v) is 4.11. The van der Waals surface area contributed by atoms with Crippen LogP contribution in [0.1, 0.15) is 21.6 Å². The molecule has 3 N–H and O–H groups in total. The van der Waals surface area contributed by atoms with Crippen molar-refractivity contribution in [3.05, 3.63) is 59.2 Å². The fourth-order valence-electron chi connectivity index (χ4n) is 1.70. The summed E-state index contributed by atoms with van der Waals surface area (Å²) in [6.07, 6.45) is 1.60. The number of rotatable bonds is 3. The molecular weight excluding hydrogens is 245 g/mol. The van der Waals surface area contributed by atoms with Crippen LogP contribution >= 0.6 is 0 Å². The van der Waals surface area contributed by atoms with Crippen molar-refractivity contribution in [2.45, 2.75) is 13.5 Å². The van der Waals surface area contributed by atoms with Crippen LogP contribution < -0.4 is 11.1 Å². The van der Waals surface area contributed by atoms with Crippen LogP contribution in [0.15, 0.2) is 36.5 Å². The van der Waals surface area contributed by atoms with Gasteiger partial charge in [-0.25, -0.2) is 4.39 Å². The van der Waals surface area contributed by atoms with E-state index in [1.165, 1.54) is 12.1 Å². The standard InChI is InChI=1S/C14H14FN3O/c1-9-11(3-2-6-17-9)14(19)18-13-5-4-10(8-16)7-12(13)15/h2-7H,8,16H2,1H3,(H,18,19). The number of amides is 1. The first-order valence-electron chi connectivity index (χ1n) is 5.83. The van der Waals surface area contributed by atoms with Gasteiger partial charge in [0.2, 0.25) is 0 Å². The Hall–Kier alpha value is -2.27. The van der Waals surface area contributed by atoms with Gasteiger partial charge in [-0.15, -0.1) is 0 Å². The van der Waals surface area contributed by atoms with Crippen LogP contribution in [0.4, 0.5) is 10.1 Å². The SMILES string of the molecule is Cc1ncccc1C(=O)Nc1ccc(CN)cc1F. The first-order chi connectivity index (χ1) is 9.11. The molecule has 0 spiro atoms. The van der Waals surface area contributed by atoms with Crippen molar-refractivity contribution < 1.29 is 9.18 Å². The minimum Gasteiger partial charge on any atom is -0.326 e.